The molecule has 0 spiro atoms. The number of rotatable bonds is 5. The van der Waals surface area contributed by atoms with Crippen molar-refractivity contribution in [1.29, 1.82) is 0 Å². The zero-order chi connectivity index (χ0) is 15.3. The second kappa shape index (κ2) is 8.70. The summed E-state index contributed by atoms with van der Waals surface area (Å²) < 4.78 is 10.7. The average molecular weight is 349 g/mol. The van der Waals surface area contributed by atoms with E-state index in [1.165, 1.54) is 0 Å². The van der Waals surface area contributed by atoms with Gasteiger partial charge in [0.15, 0.2) is 0 Å². The first-order valence-electron chi connectivity index (χ1n) is 6.98. The highest BCUT2D eigenvalue weighted by Crippen LogP contribution is 2.20. The third-order valence-electron chi connectivity index (χ3n) is 3.81. The number of nitrogens with two attached hydrogens (primary N) is 1. The van der Waals surface area contributed by atoms with Crippen LogP contribution in [0.25, 0.3) is 0 Å². The molecule has 1 aromatic rings. The van der Waals surface area contributed by atoms with Crippen molar-refractivity contribution in [2.24, 2.45) is 5.73 Å². The quantitative estimate of drug-likeness (QED) is 0.854. The number of carbonyl (C=O) groups excluding carboxylic acids is 1. The van der Waals surface area contributed by atoms with E-state index in [-0.39, 0.29) is 24.4 Å². The summed E-state index contributed by atoms with van der Waals surface area (Å²) in [6.07, 6.45) is 0.851. The molecule has 3 N–H and O–H groups in total. The predicted molar refractivity (Wildman–Crippen MR) is 88.4 cm³/mol. The molecule has 22 heavy (non-hydrogen) atoms. The second-order valence-electron chi connectivity index (χ2n) is 5.25. The Kier molecular flexibility index (Phi) is 7.59. The van der Waals surface area contributed by atoms with Crippen LogP contribution < -0.4 is 11.1 Å². The van der Waals surface area contributed by atoms with E-state index >= 15 is 0 Å². The van der Waals surface area contributed by atoms with Gasteiger partial charge >= 0.3 is 0 Å². The van der Waals surface area contributed by atoms with Crippen molar-refractivity contribution in [2.75, 3.05) is 26.9 Å². The van der Waals surface area contributed by atoms with E-state index in [0.29, 0.717) is 37.6 Å². The molecule has 1 amide bonds. The lowest BCUT2D eigenvalue weighted by Crippen LogP contribution is -2.57. The van der Waals surface area contributed by atoms with Gasteiger partial charge in [-0.2, -0.15) is 0 Å². The third-order valence-corrected chi connectivity index (χ3v) is 4.06. The molecule has 5 nitrogen and oxygen atoms in total. The molecule has 2 rings (SSSR count). The molecule has 1 aromatic carbocycles. The Balaban J connectivity index is 0.00000242. The van der Waals surface area contributed by atoms with Crippen molar-refractivity contribution in [3.8, 4) is 0 Å². The van der Waals surface area contributed by atoms with Crippen LogP contribution in [0.5, 0.6) is 0 Å². The molecule has 1 heterocycles. The highest BCUT2D eigenvalue weighted by molar-refractivity contribution is 6.30. The Labute approximate surface area is 141 Å². The average Bonchev–Trinajstić information content (AvgIpc) is 2.50. The monoisotopic (exact) mass is 348 g/mol. The summed E-state index contributed by atoms with van der Waals surface area (Å²) in [6.45, 7) is 1.42. The Hall–Kier alpha value is -0.850. The molecule has 1 unspecified atom stereocenters. The molecular weight excluding hydrogens is 327 g/mol. The van der Waals surface area contributed by atoms with Gasteiger partial charge in [0.25, 0.3) is 0 Å². The van der Waals surface area contributed by atoms with Gasteiger partial charge in [-0.05, 0) is 30.5 Å². The highest BCUT2D eigenvalue weighted by Gasteiger charge is 2.35. The minimum atomic E-state index is -0.837. The SMILES string of the molecule is COC(CNC(=O)C1(N)CCOCC1)c1ccc(Cl)cc1.Cl. The summed E-state index contributed by atoms with van der Waals surface area (Å²) in [5.74, 6) is -0.151. The highest BCUT2D eigenvalue weighted by atomic mass is 35.5. The van der Waals surface area contributed by atoms with Gasteiger partial charge in [-0.25, -0.2) is 0 Å². The molecule has 0 bridgehead atoms. The molecule has 1 saturated heterocycles. The molecule has 0 saturated carbocycles. The number of amides is 1. The summed E-state index contributed by atoms with van der Waals surface area (Å²) in [7, 11) is 1.61. The topological polar surface area (TPSA) is 73.6 Å². The number of benzene rings is 1. The first-order chi connectivity index (χ1) is 10.0. The van der Waals surface area contributed by atoms with Crippen LogP contribution in [0.2, 0.25) is 5.02 Å². The maximum atomic E-state index is 12.3. The first kappa shape index (κ1) is 19.2. The van der Waals surface area contributed by atoms with Crippen molar-refractivity contribution < 1.29 is 14.3 Å². The predicted octanol–water partition coefficient (Wildman–Crippen LogP) is 2.07. The standard InChI is InChI=1S/C15H21ClN2O3.ClH/c1-20-13(11-2-4-12(16)5-3-11)10-18-14(19)15(17)6-8-21-9-7-15;/h2-5,13H,6-10,17H2,1H3,(H,18,19);1H. The number of ether oxygens (including phenoxy) is 2. The zero-order valence-corrected chi connectivity index (χ0v) is 14.1. The third kappa shape index (κ3) is 4.83. The smallest absolute Gasteiger partial charge is 0.240 e. The van der Waals surface area contributed by atoms with Gasteiger partial charge in [0.05, 0.1) is 11.6 Å². The number of hydrogen-bond acceptors (Lipinski definition) is 4. The van der Waals surface area contributed by atoms with E-state index in [2.05, 4.69) is 5.32 Å². The minimum absolute atomic E-state index is 0. The summed E-state index contributed by atoms with van der Waals surface area (Å²) in [4.78, 5) is 12.3. The zero-order valence-electron chi connectivity index (χ0n) is 12.5. The van der Waals surface area contributed by atoms with Gasteiger partial charge in [-0.1, -0.05) is 23.7 Å². The van der Waals surface area contributed by atoms with Crippen LogP contribution in [0.3, 0.4) is 0 Å². The molecule has 0 aliphatic carbocycles. The van der Waals surface area contributed by atoms with Crippen molar-refractivity contribution in [3.63, 3.8) is 0 Å². The lowest BCUT2D eigenvalue weighted by Gasteiger charge is -2.32. The molecule has 1 atom stereocenters. The van der Waals surface area contributed by atoms with Gasteiger partial charge in [-0.3, -0.25) is 4.79 Å². The van der Waals surface area contributed by atoms with Crippen LogP contribution >= 0.6 is 24.0 Å². The fourth-order valence-corrected chi connectivity index (χ4v) is 2.46. The largest absolute Gasteiger partial charge is 0.381 e. The van der Waals surface area contributed by atoms with Crippen LogP contribution in [-0.4, -0.2) is 38.3 Å². The van der Waals surface area contributed by atoms with Crippen LogP contribution in [-0.2, 0) is 14.3 Å². The summed E-state index contributed by atoms with van der Waals surface area (Å²) in [5.41, 5.74) is 6.26. The molecule has 1 fully saturated rings. The number of nitrogens with one attached hydrogen (secondary N) is 1. The van der Waals surface area contributed by atoms with Crippen molar-refractivity contribution in [2.45, 2.75) is 24.5 Å². The Morgan fingerprint density at radius 2 is 2.00 bits per heavy atom. The van der Waals surface area contributed by atoms with Crippen LogP contribution in [0.1, 0.15) is 24.5 Å². The van der Waals surface area contributed by atoms with Crippen molar-refractivity contribution in [1.82, 2.24) is 5.32 Å². The van der Waals surface area contributed by atoms with E-state index in [9.17, 15) is 4.79 Å². The van der Waals surface area contributed by atoms with E-state index in [0.717, 1.165) is 5.56 Å². The normalized spacial score (nSPS) is 18.1. The van der Waals surface area contributed by atoms with Crippen molar-refractivity contribution in [3.05, 3.63) is 34.9 Å². The maximum absolute atomic E-state index is 12.3. The molecule has 0 aromatic heterocycles. The Morgan fingerprint density at radius 1 is 1.41 bits per heavy atom. The van der Waals surface area contributed by atoms with Gasteiger partial charge in [-0.15, -0.1) is 12.4 Å². The first-order valence-corrected chi connectivity index (χ1v) is 7.36. The lowest BCUT2D eigenvalue weighted by atomic mass is 9.90. The van der Waals surface area contributed by atoms with Gasteiger partial charge in [0, 0.05) is 31.9 Å². The summed E-state index contributed by atoms with van der Waals surface area (Å²) >= 11 is 5.87. The number of methoxy groups -OCH3 is 1. The molecule has 1 aliphatic heterocycles. The van der Waals surface area contributed by atoms with Crippen LogP contribution in [0.4, 0.5) is 0 Å². The van der Waals surface area contributed by atoms with Gasteiger partial charge < -0.3 is 20.5 Å². The Bertz CT molecular complexity index is 476. The van der Waals surface area contributed by atoms with Crippen molar-refractivity contribution >= 4 is 29.9 Å². The van der Waals surface area contributed by atoms with E-state index < -0.39 is 5.54 Å². The molecule has 7 heteroatoms. The van der Waals surface area contributed by atoms with E-state index in [1.54, 1.807) is 19.2 Å². The fraction of sp³-hybridized carbons (Fsp3) is 0.533. The molecule has 124 valence electrons. The lowest BCUT2D eigenvalue weighted by molar-refractivity contribution is -0.130. The second-order valence-corrected chi connectivity index (χ2v) is 5.69. The van der Waals surface area contributed by atoms with Gasteiger partial charge in [0.1, 0.15) is 0 Å². The van der Waals surface area contributed by atoms with Crippen LogP contribution in [0.15, 0.2) is 24.3 Å². The molecule has 0 radical (unpaired) electrons. The van der Waals surface area contributed by atoms with Gasteiger partial charge in [0.2, 0.25) is 5.91 Å². The maximum Gasteiger partial charge on any atom is 0.240 e. The number of hydrogen-bond donors (Lipinski definition) is 2. The van der Waals surface area contributed by atoms with E-state index in [4.69, 9.17) is 26.8 Å². The minimum Gasteiger partial charge on any atom is -0.381 e. The van der Waals surface area contributed by atoms with Crippen LogP contribution in [0, 0.1) is 0 Å². The molecule has 1 aliphatic rings. The number of carbonyl (C=O) groups is 1. The Morgan fingerprint density at radius 3 is 2.55 bits per heavy atom. The number of halogens is 2. The summed E-state index contributed by atoms with van der Waals surface area (Å²) in [6, 6.07) is 7.37. The molecular formula is C15H22Cl2N2O3. The summed E-state index contributed by atoms with van der Waals surface area (Å²) in [5, 5.41) is 3.55. The fourth-order valence-electron chi connectivity index (χ4n) is 2.34. The van der Waals surface area contributed by atoms with E-state index in [1.807, 2.05) is 12.1 Å².